The van der Waals surface area contributed by atoms with Crippen molar-refractivity contribution in [3.05, 3.63) is 47.2 Å². The molecule has 0 unspecified atom stereocenters. The van der Waals surface area contributed by atoms with Gasteiger partial charge in [0.05, 0.1) is 11.7 Å². The summed E-state index contributed by atoms with van der Waals surface area (Å²) in [7, 11) is 1.65. The number of aryl methyl sites for hydroxylation is 1. The smallest absolute Gasteiger partial charge is 0.419 e. The largest absolute Gasteiger partial charge is 0.506 e. The molecule has 1 aromatic carbocycles. The molecule has 0 saturated carbocycles. The van der Waals surface area contributed by atoms with Gasteiger partial charge in [0.2, 0.25) is 0 Å². The first kappa shape index (κ1) is 10.6. The number of hydrogen-bond acceptors (Lipinski definition) is 4. The standard InChI is InChI=1S/C13H10N2O3/c1-15-11-5-8(2-3-12(11)18-13(15)17)9-4-10(16)7-14-6-9/h2-7,16H,1H3. The highest BCUT2D eigenvalue weighted by Crippen LogP contribution is 2.25. The monoisotopic (exact) mass is 242 g/mol. The third kappa shape index (κ3) is 1.57. The first-order valence-electron chi connectivity index (χ1n) is 5.39. The number of fused-ring (bicyclic) bond motifs is 1. The number of aromatic hydroxyl groups is 1. The first-order chi connectivity index (χ1) is 8.65. The quantitative estimate of drug-likeness (QED) is 0.707. The molecular formula is C13H10N2O3. The van der Waals surface area contributed by atoms with E-state index < -0.39 is 5.76 Å². The van der Waals surface area contributed by atoms with Gasteiger partial charge < -0.3 is 9.52 Å². The van der Waals surface area contributed by atoms with Crippen LogP contribution in [0.3, 0.4) is 0 Å². The zero-order valence-corrected chi connectivity index (χ0v) is 9.62. The number of nitrogens with zero attached hydrogens (tertiary/aromatic N) is 2. The molecule has 3 aromatic rings. The van der Waals surface area contributed by atoms with E-state index in [2.05, 4.69) is 4.98 Å². The van der Waals surface area contributed by atoms with Gasteiger partial charge in [-0.1, -0.05) is 6.07 Å². The van der Waals surface area contributed by atoms with Crippen LogP contribution in [0.1, 0.15) is 0 Å². The molecule has 0 aliphatic heterocycles. The van der Waals surface area contributed by atoms with Crippen molar-refractivity contribution in [3.8, 4) is 16.9 Å². The molecule has 0 spiro atoms. The lowest BCUT2D eigenvalue weighted by Crippen LogP contribution is -2.08. The Balaban J connectivity index is 2.25. The Morgan fingerprint density at radius 1 is 1.22 bits per heavy atom. The van der Waals surface area contributed by atoms with Crippen molar-refractivity contribution in [2.24, 2.45) is 7.05 Å². The van der Waals surface area contributed by atoms with Crippen LogP contribution < -0.4 is 5.76 Å². The maximum Gasteiger partial charge on any atom is 0.419 e. The highest BCUT2D eigenvalue weighted by Gasteiger charge is 2.07. The van der Waals surface area contributed by atoms with Crippen LogP contribution in [0.15, 0.2) is 45.9 Å². The summed E-state index contributed by atoms with van der Waals surface area (Å²) in [6.07, 6.45) is 3.02. The normalized spacial score (nSPS) is 10.9. The van der Waals surface area contributed by atoms with E-state index in [1.54, 1.807) is 25.4 Å². The van der Waals surface area contributed by atoms with E-state index in [1.807, 2.05) is 12.1 Å². The molecular weight excluding hydrogens is 232 g/mol. The van der Waals surface area contributed by atoms with Crippen molar-refractivity contribution in [3.63, 3.8) is 0 Å². The molecule has 0 atom stereocenters. The zero-order valence-electron chi connectivity index (χ0n) is 9.62. The average molecular weight is 242 g/mol. The fourth-order valence-corrected chi connectivity index (χ4v) is 1.89. The number of rotatable bonds is 1. The molecule has 90 valence electrons. The van der Waals surface area contributed by atoms with Crippen LogP contribution in [-0.2, 0) is 7.05 Å². The van der Waals surface area contributed by atoms with Crippen molar-refractivity contribution in [2.75, 3.05) is 0 Å². The van der Waals surface area contributed by atoms with Gasteiger partial charge in [-0.05, 0) is 23.8 Å². The van der Waals surface area contributed by atoms with Gasteiger partial charge in [0.1, 0.15) is 5.75 Å². The Kier molecular flexibility index (Phi) is 2.19. The lowest BCUT2D eigenvalue weighted by Gasteiger charge is -2.02. The Morgan fingerprint density at radius 2 is 2.06 bits per heavy atom. The van der Waals surface area contributed by atoms with Gasteiger partial charge in [0.25, 0.3) is 0 Å². The zero-order chi connectivity index (χ0) is 12.7. The van der Waals surface area contributed by atoms with E-state index in [1.165, 1.54) is 10.8 Å². The summed E-state index contributed by atoms with van der Waals surface area (Å²) < 4.78 is 6.50. The molecule has 0 bridgehead atoms. The van der Waals surface area contributed by atoms with E-state index in [0.29, 0.717) is 11.1 Å². The minimum atomic E-state index is -0.392. The van der Waals surface area contributed by atoms with E-state index in [9.17, 15) is 9.90 Å². The highest BCUT2D eigenvalue weighted by molar-refractivity contribution is 5.80. The fourth-order valence-electron chi connectivity index (χ4n) is 1.89. The van der Waals surface area contributed by atoms with Gasteiger partial charge >= 0.3 is 5.76 Å². The molecule has 18 heavy (non-hydrogen) atoms. The molecule has 2 heterocycles. The van der Waals surface area contributed by atoms with Crippen LogP contribution in [0.5, 0.6) is 5.75 Å². The second-order valence-corrected chi connectivity index (χ2v) is 4.04. The molecule has 3 rings (SSSR count). The first-order valence-corrected chi connectivity index (χ1v) is 5.39. The number of pyridine rings is 1. The molecule has 5 heteroatoms. The molecule has 0 fully saturated rings. The number of benzene rings is 1. The lowest BCUT2D eigenvalue weighted by molar-refractivity contribution is 0.473. The number of hydrogen-bond donors (Lipinski definition) is 1. The van der Waals surface area contributed by atoms with Gasteiger partial charge in [-0.3, -0.25) is 9.55 Å². The number of oxazole rings is 1. The van der Waals surface area contributed by atoms with Crippen molar-refractivity contribution in [1.29, 1.82) is 0 Å². The molecule has 5 nitrogen and oxygen atoms in total. The van der Waals surface area contributed by atoms with Gasteiger partial charge in [-0.15, -0.1) is 0 Å². The minimum Gasteiger partial charge on any atom is -0.506 e. The van der Waals surface area contributed by atoms with Crippen molar-refractivity contribution in [2.45, 2.75) is 0 Å². The highest BCUT2D eigenvalue weighted by atomic mass is 16.4. The van der Waals surface area contributed by atoms with Gasteiger partial charge in [-0.2, -0.15) is 0 Å². The summed E-state index contributed by atoms with van der Waals surface area (Å²) in [6.45, 7) is 0. The predicted octanol–water partition coefficient (Wildman–Crippen LogP) is 1.90. The van der Waals surface area contributed by atoms with Gasteiger partial charge in [0.15, 0.2) is 5.58 Å². The predicted molar refractivity (Wildman–Crippen MR) is 66.4 cm³/mol. The molecule has 0 aliphatic rings. The van der Waals surface area contributed by atoms with Crippen LogP contribution in [0.25, 0.3) is 22.2 Å². The van der Waals surface area contributed by atoms with Crippen LogP contribution in [0.2, 0.25) is 0 Å². The van der Waals surface area contributed by atoms with E-state index >= 15 is 0 Å². The summed E-state index contributed by atoms with van der Waals surface area (Å²) in [5.41, 5.74) is 2.90. The van der Waals surface area contributed by atoms with E-state index in [4.69, 9.17) is 4.42 Å². The van der Waals surface area contributed by atoms with Crippen LogP contribution >= 0.6 is 0 Å². The molecule has 0 radical (unpaired) electrons. The van der Waals surface area contributed by atoms with Crippen LogP contribution in [-0.4, -0.2) is 14.7 Å². The summed E-state index contributed by atoms with van der Waals surface area (Å²) in [5.74, 6) is -0.287. The fraction of sp³-hybridized carbons (Fsp3) is 0.0769. The van der Waals surface area contributed by atoms with Crippen molar-refractivity contribution < 1.29 is 9.52 Å². The number of aromatic nitrogens is 2. The van der Waals surface area contributed by atoms with Crippen molar-refractivity contribution >= 4 is 11.1 Å². The Bertz CT molecular complexity index is 786. The maximum atomic E-state index is 11.4. The second kappa shape index (κ2) is 3.73. The Labute approximate surface area is 102 Å². The topological polar surface area (TPSA) is 68.3 Å². The third-order valence-electron chi connectivity index (χ3n) is 2.85. The molecule has 2 aromatic heterocycles. The van der Waals surface area contributed by atoms with E-state index in [-0.39, 0.29) is 5.75 Å². The Morgan fingerprint density at radius 3 is 2.83 bits per heavy atom. The van der Waals surface area contributed by atoms with Crippen LogP contribution in [0.4, 0.5) is 0 Å². The van der Waals surface area contributed by atoms with Crippen LogP contribution in [0, 0.1) is 0 Å². The molecule has 0 amide bonds. The molecule has 0 saturated heterocycles. The lowest BCUT2D eigenvalue weighted by atomic mass is 10.1. The third-order valence-corrected chi connectivity index (χ3v) is 2.85. The van der Waals surface area contributed by atoms with Gasteiger partial charge in [0, 0.05) is 18.8 Å². The SMILES string of the molecule is Cn1c(=O)oc2ccc(-c3cncc(O)c3)cc21. The Hall–Kier alpha value is -2.56. The average Bonchev–Trinajstić information content (AvgIpc) is 2.65. The summed E-state index contributed by atoms with van der Waals surface area (Å²) >= 11 is 0. The maximum absolute atomic E-state index is 11.4. The summed E-state index contributed by atoms with van der Waals surface area (Å²) in [4.78, 5) is 15.3. The second-order valence-electron chi connectivity index (χ2n) is 4.04. The summed E-state index contributed by atoms with van der Waals surface area (Å²) in [6, 6.07) is 7.00. The molecule has 0 aliphatic carbocycles. The minimum absolute atomic E-state index is 0.105. The van der Waals surface area contributed by atoms with E-state index in [0.717, 1.165) is 11.1 Å². The summed E-state index contributed by atoms with van der Waals surface area (Å²) in [5, 5.41) is 9.41. The van der Waals surface area contributed by atoms with Crippen molar-refractivity contribution in [1.82, 2.24) is 9.55 Å². The molecule has 1 N–H and O–H groups in total. The van der Waals surface area contributed by atoms with Gasteiger partial charge in [-0.25, -0.2) is 4.79 Å².